The minimum absolute atomic E-state index is 0.433. The van der Waals surface area contributed by atoms with Gasteiger partial charge in [-0.1, -0.05) is 20.8 Å². The third-order valence-electron chi connectivity index (χ3n) is 1.62. The van der Waals surface area contributed by atoms with Crippen molar-refractivity contribution in [2.24, 2.45) is 5.41 Å². The van der Waals surface area contributed by atoms with Crippen LogP contribution in [0.5, 0.6) is 0 Å². The average Bonchev–Trinajstić information content (AvgIpc) is 1.96. The highest BCUT2D eigenvalue weighted by atomic mass is 32.1. The van der Waals surface area contributed by atoms with Crippen molar-refractivity contribution in [1.29, 1.82) is 0 Å². The second-order valence-corrected chi connectivity index (χ2v) is 4.58. The first-order valence-electron chi connectivity index (χ1n) is 4.41. The molecule has 2 N–H and O–H groups in total. The van der Waals surface area contributed by atoms with Crippen molar-refractivity contribution in [3.05, 3.63) is 0 Å². The zero-order valence-electron chi connectivity index (χ0n) is 8.53. The molecule has 0 unspecified atom stereocenters. The van der Waals surface area contributed by atoms with Crippen LogP contribution in [0.1, 0.15) is 33.6 Å². The van der Waals surface area contributed by atoms with Gasteiger partial charge in [0.1, 0.15) is 0 Å². The van der Waals surface area contributed by atoms with Crippen LogP contribution in [0.15, 0.2) is 0 Å². The lowest BCUT2D eigenvalue weighted by Crippen LogP contribution is -2.33. The minimum Gasteiger partial charge on any atom is -0.366 e. The Morgan fingerprint density at radius 3 is 2.33 bits per heavy atom. The summed E-state index contributed by atoms with van der Waals surface area (Å²) in [5.74, 6) is 0. The maximum absolute atomic E-state index is 4.94. The van der Waals surface area contributed by atoms with Gasteiger partial charge in [0.2, 0.25) is 0 Å². The summed E-state index contributed by atoms with van der Waals surface area (Å²) < 4.78 is 0. The van der Waals surface area contributed by atoms with E-state index in [0.29, 0.717) is 5.41 Å². The van der Waals surface area contributed by atoms with Gasteiger partial charge in [0.15, 0.2) is 5.11 Å². The number of hydrogen-bond donors (Lipinski definition) is 2. The van der Waals surface area contributed by atoms with E-state index in [9.17, 15) is 0 Å². The summed E-state index contributed by atoms with van der Waals surface area (Å²) in [5.41, 5.74) is 0.433. The van der Waals surface area contributed by atoms with Crippen molar-refractivity contribution in [2.45, 2.75) is 33.6 Å². The highest BCUT2D eigenvalue weighted by molar-refractivity contribution is 7.80. The number of hydrogen-bond acceptors (Lipinski definition) is 1. The van der Waals surface area contributed by atoms with Crippen LogP contribution in [0.25, 0.3) is 0 Å². The van der Waals surface area contributed by atoms with Gasteiger partial charge in [-0.15, -0.1) is 0 Å². The van der Waals surface area contributed by atoms with E-state index in [1.807, 2.05) is 7.05 Å². The van der Waals surface area contributed by atoms with Crippen molar-refractivity contribution in [3.8, 4) is 0 Å². The predicted molar refractivity (Wildman–Crippen MR) is 58.3 cm³/mol. The van der Waals surface area contributed by atoms with E-state index in [1.165, 1.54) is 12.8 Å². The quantitative estimate of drug-likeness (QED) is 0.522. The molecule has 0 fully saturated rings. The van der Waals surface area contributed by atoms with Gasteiger partial charge in [0, 0.05) is 13.6 Å². The molecule has 0 aromatic rings. The fourth-order valence-corrected chi connectivity index (χ4v) is 1.01. The molecule has 0 heterocycles. The van der Waals surface area contributed by atoms with Crippen LogP contribution in [0.2, 0.25) is 0 Å². The fraction of sp³-hybridized carbons (Fsp3) is 0.889. The number of nitrogens with one attached hydrogen (secondary N) is 2. The van der Waals surface area contributed by atoms with E-state index in [2.05, 4.69) is 31.4 Å². The lowest BCUT2D eigenvalue weighted by Gasteiger charge is -2.17. The molecule has 0 aromatic heterocycles. The van der Waals surface area contributed by atoms with Crippen LogP contribution in [-0.2, 0) is 0 Å². The number of thiocarbonyl (C=S) groups is 1. The van der Waals surface area contributed by atoms with Gasteiger partial charge < -0.3 is 10.6 Å². The Morgan fingerprint density at radius 1 is 1.33 bits per heavy atom. The second-order valence-electron chi connectivity index (χ2n) is 4.17. The van der Waals surface area contributed by atoms with Crippen molar-refractivity contribution >= 4 is 17.3 Å². The van der Waals surface area contributed by atoms with Gasteiger partial charge in [0.25, 0.3) is 0 Å². The third-order valence-corrected chi connectivity index (χ3v) is 1.96. The van der Waals surface area contributed by atoms with E-state index < -0.39 is 0 Å². The summed E-state index contributed by atoms with van der Waals surface area (Å²) in [6, 6.07) is 0. The summed E-state index contributed by atoms with van der Waals surface area (Å²) in [5, 5.41) is 6.75. The van der Waals surface area contributed by atoms with E-state index >= 15 is 0 Å². The van der Waals surface area contributed by atoms with E-state index in [1.54, 1.807) is 0 Å². The van der Waals surface area contributed by atoms with E-state index in [-0.39, 0.29) is 0 Å². The van der Waals surface area contributed by atoms with Crippen molar-refractivity contribution in [2.75, 3.05) is 13.6 Å². The van der Waals surface area contributed by atoms with Crippen LogP contribution in [-0.4, -0.2) is 18.7 Å². The van der Waals surface area contributed by atoms with Gasteiger partial charge in [-0.2, -0.15) is 0 Å². The molecule has 3 heteroatoms. The van der Waals surface area contributed by atoms with Crippen molar-refractivity contribution < 1.29 is 0 Å². The topological polar surface area (TPSA) is 24.1 Å². The normalized spacial score (nSPS) is 11.0. The zero-order valence-corrected chi connectivity index (χ0v) is 9.35. The molecule has 0 saturated carbocycles. The Balaban J connectivity index is 3.28. The summed E-state index contributed by atoms with van der Waals surface area (Å²) in [4.78, 5) is 0. The summed E-state index contributed by atoms with van der Waals surface area (Å²) >= 11 is 4.94. The maximum Gasteiger partial charge on any atom is 0.166 e. The van der Waals surface area contributed by atoms with Crippen LogP contribution < -0.4 is 10.6 Å². The molecule has 0 rings (SSSR count). The third kappa shape index (κ3) is 7.79. The SMILES string of the molecule is CNC(=S)NCCCC(C)(C)C. The summed E-state index contributed by atoms with van der Waals surface area (Å²) in [7, 11) is 1.83. The van der Waals surface area contributed by atoms with Gasteiger partial charge >= 0.3 is 0 Å². The largest absolute Gasteiger partial charge is 0.366 e. The van der Waals surface area contributed by atoms with Crippen molar-refractivity contribution in [1.82, 2.24) is 10.6 Å². The van der Waals surface area contributed by atoms with Gasteiger partial charge in [-0.05, 0) is 30.5 Å². The Hall–Kier alpha value is -0.310. The second kappa shape index (κ2) is 5.36. The van der Waals surface area contributed by atoms with E-state index in [4.69, 9.17) is 12.2 Å². The molecule has 0 spiro atoms. The molecule has 0 amide bonds. The van der Waals surface area contributed by atoms with Crippen LogP contribution >= 0.6 is 12.2 Å². The average molecular weight is 188 g/mol. The zero-order chi connectivity index (χ0) is 9.61. The molecular weight excluding hydrogens is 168 g/mol. The van der Waals surface area contributed by atoms with Crippen LogP contribution in [0.3, 0.4) is 0 Å². The highest BCUT2D eigenvalue weighted by Gasteiger charge is 2.08. The molecular formula is C9H20N2S. The molecule has 0 atom stereocenters. The Labute approximate surface area is 81.1 Å². The van der Waals surface area contributed by atoms with E-state index in [0.717, 1.165) is 11.7 Å². The fourth-order valence-electron chi connectivity index (χ4n) is 0.909. The van der Waals surface area contributed by atoms with Gasteiger partial charge in [-0.3, -0.25) is 0 Å². The van der Waals surface area contributed by atoms with Crippen LogP contribution in [0, 0.1) is 5.41 Å². The first-order valence-corrected chi connectivity index (χ1v) is 4.82. The first kappa shape index (κ1) is 11.7. The smallest absolute Gasteiger partial charge is 0.166 e. The lowest BCUT2D eigenvalue weighted by atomic mass is 9.91. The van der Waals surface area contributed by atoms with Gasteiger partial charge in [0.05, 0.1) is 0 Å². The molecule has 0 aliphatic heterocycles. The molecule has 12 heavy (non-hydrogen) atoms. The molecule has 0 bridgehead atoms. The molecule has 2 nitrogen and oxygen atoms in total. The molecule has 0 aromatic carbocycles. The Morgan fingerprint density at radius 2 is 1.92 bits per heavy atom. The Kier molecular flexibility index (Phi) is 5.22. The standard InChI is InChI=1S/C9H20N2S/c1-9(2,3)6-5-7-11-8(12)10-4/h5-7H2,1-4H3,(H2,10,11,12). The molecule has 0 aliphatic carbocycles. The number of rotatable bonds is 3. The molecule has 0 aliphatic rings. The monoisotopic (exact) mass is 188 g/mol. The Bertz CT molecular complexity index is 138. The lowest BCUT2D eigenvalue weighted by molar-refractivity contribution is 0.365. The highest BCUT2D eigenvalue weighted by Crippen LogP contribution is 2.19. The molecule has 72 valence electrons. The maximum atomic E-state index is 4.94. The minimum atomic E-state index is 0.433. The van der Waals surface area contributed by atoms with Gasteiger partial charge in [-0.25, -0.2) is 0 Å². The van der Waals surface area contributed by atoms with Crippen molar-refractivity contribution in [3.63, 3.8) is 0 Å². The summed E-state index contributed by atoms with van der Waals surface area (Å²) in [6.07, 6.45) is 2.40. The molecule has 0 radical (unpaired) electrons. The summed E-state index contributed by atoms with van der Waals surface area (Å²) in [6.45, 7) is 7.73. The molecule has 0 saturated heterocycles. The van der Waals surface area contributed by atoms with Crippen LogP contribution in [0.4, 0.5) is 0 Å². The first-order chi connectivity index (χ1) is 5.45. The predicted octanol–water partition coefficient (Wildman–Crippen LogP) is 1.91.